The molecular formula is C73H71BFN3. The molecule has 3 heterocycles. The molecule has 0 aromatic heterocycles. The standard InChI is InChI=1S/C73H71BFN3/c1-69(2,3)51-30-35-61(56(41-51)48-24-17-13-18-25-48)76-64-40-50(47-22-15-12-16-23-47)28-33-59(64)74-60-34-29-53(71(7,8)9)43-65(60)77(62-36-31-52(70(4,5)6)42-57(62)49-26-19-14-20-27-49)67-46-55(45-66(76)68(67)74)78-63-37-32-54(75)44-58(63)72(10)38-21-39-73(72,78)11/h12-20,22-37,40-46H,21,38-39H2,1-11H3. The molecular weight excluding hydrogens is 949 g/mol. The summed E-state index contributed by atoms with van der Waals surface area (Å²) in [6, 6.07) is 72.5. The second kappa shape index (κ2) is 17.7. The molecule has 2 atom stereocenters. The van der Waals surface area contributed by atoms with Crippen LogP contribution in [0, 0.1) is 5.82 Å². The summed E-state index contributed by atoms with van der Waals surface area (Å²) >= 11 is 0. The van der Waals surface area contributed by atoms with Gasteiger partial charge < -0.3 is 14.7 Å². The summed E-state index contributed by atoms with van der Waals surface area (Å²) in [6.07, 6.45) is 3.05. The molecule has 9 aromatic rings. The van der Waals surface area contributed by atoms with Crippen LogP contribution in [0.2, 0.25) is 0 Å². The SMILES string of the molecule is CC(C)(C)c1ccc(N2c3cc(-c4ccccc4)ccc3B3c4ccc(C(C)(C)C)cc4N(c4ccc(C(C)(C)C)cc4-c4ccccc4)c4cc(N5c6ccc(F)cc6C6(C)CCCC56C)cc2c43)c(-c2ccccc2)c1. The number of hydrogen-bond acceptors (Lipinski definition) is 3. The van der Waals surface area contributed by atoms with E-state index >= 15 is 4.39 Å². The highest BCUT2D eigenvalue weighted by Crippen LogP contribution is 2.63. The Morgan fingerprint density at radius 3 is 1.40 bits per heavy atom. The Balaban J connectivity index is 1.21. The third-order valence-electron chi connectivity index (χ3n) is 18.5. The Bertz CT molecular complexity index is 3840. The van der Waals surface area contributed by atoms with Crippen LogP contribution >= 0.6 is 0 Å². The quantitative estimate of drug-likeness (QED) is 0.154. The smallest absolute Gasteiger partial charge is 0.252 e. The van der Waals surface area contributed by atoms with E-state index in [4.69, 9.17) is 0 Å². The van der Waals surface area contributed by atoms with Gasteiger partial charge in [0.05, 0.1) is 16.9 Å². The lowest BCUT2D eigenvalue weighted by atomic mass is 9.33. The van der Waals surface area contributed by atoms with Crippen LogP contribution in [0.4, 0.5) is 49.9 Å². The zero-order valence-corrected chi connectivity index (χ0v) is 47.4. The topological polar surface area (TPSA) is 9.72 Å². The zero-order chi connectivity index (χ0) is 54.3. The van der Waals surface area contributed by atoms with Gasteiger partial charge in [-0.1, -0.05) is 203 Å². The summed E-state index contributed by atoms with van der Waals surface area (Å²) < 4.78 is 15.8. The Morgan fingerprint density at radius 1 is 0.410 bits per heavy atom. The fourth-order valence-corrected chi connectivity index (χ4v) is 13.9. The summed E-state index contributed by atoms with van der Waals surface area (Å²) in [5.74, 6) is -0.178. The molecule has 1 fully saturated rings. The average Bonchev–Trinajstić information content (AvgIpc) is 3.97. The van der Waals surface area contributed by atoms with Gasteiger partial charge in [0.1, 0.15) is 5.82 Å². The van der Waals surface area contributed by atoms with Gasteiger partial charge in [0.25, 0.3) is 6.71 Å². The third kappa shape index (κ3) is 7.73. The van der Waals surface area contributed by atoms with Crippen molar-refractivity contribution in [3.63, 3.8) is 0 Å². The number of rotatable bonds is 6. The molecule has 9 aromatic carbocycles. The predicted molar refractivity (Wildman–Crippen MR) is 331 cm³/mol. The van der Waals surface area contributed by atoms with Crippen molar-refractivity contribution in [3.05, 3.63) is 222 Å². The fraction of sp³-hybridized carbons (Fsp3) is 0.260. The van der Waals surface area contributed by atoms with Gasteiger partial charge in [0.2, 0.25) is 0 Å². The average molecular weight is 1020 g/mol. The number of nitrogens with zero attached hydrogens (tertiary/aromatic N) is 3. The summed E-state index contributed by atoms with van der Waals surface area (Å²) in [5.41, 5.74) is 24.1. The number of fused-ring (bicyclic) bond motifs is 7. The zero-order valence-electron chi connectivity index (χ0n) is 47.4. The van der Waals surface area contributed by atoms with Crippen molar-refractivity contribution in [1.29, 1.82) is 0 Å². The van der Waals surface area contributed by atoms with E-state index in [1.165, 1.54) is 72.1 Å². The van der Waals surface area contributed by atoms with E-state index in [2.05, 4.69) is 273 Å². The van der Waals surface area contributed by atoms with Gasteiger partial charge in [0, 0.05) is 50.7 Å². The molecule has 4 aliphatic rings. The Morgan fingerprint density at radius 2 is 0.872 bits per heavy atom. The van der Waals surface area contributed by atoms with Crippen LogP contribution in [0.25, 0.3) is 33.4 Å². The van der Waals surface area contributed by atoms with Crippen LogP contribution in [0.5, 0.6) is 0 Å². The summed E-state index contributed by atoms with van der Waals surface area (Å²) in [6.45, 7) is 25.6. The van der Waals surface area contributed by atoms with Crippen LogP contribution in [-0.2, 0) is 21.7 Å². The Labute approximate surface area is 463 Å². The molecule has 388 valence electrons. The van der Waals surface area contributed by atoms with Crippen LogP contribution in [0.15, 0.2) is 194 Å². The molecule has 1 aliphatic carbocycles. The van der Waals surface area contributed by atoms with E-state index in [1.54, 1.807) is 6.07 Å². The molecule has 0 bridgehead atoms. The number of benzene rings is 9. The first-order valence-electron chi connectivity index (χ1n) is 28.4. The van der Waals surface area contributed by atoms with Gasteiger partial charge in [-0.3, -0.25) is 0 Å². The van der Waals surface area contributed by atoms with Gasteiger partial charge in [-0.05, 0) is 164 Å². The van der Waals surface area contributed by atoms with Crippen molar-refractivity contribution in [2.45, 2.75) is 123 Å². The van der Waals surface area contributed by atoms with Crippen molar-refractivity contribution >= 4 is 68.6 Å². The third-order valence-corrected chi connectivity index (χ3v) is 18.5. The fourth-order valence-electron chi connectivity index (χ4n) is 13.9. The van der Waals surface area contributed by atoms with Crippen LogP contribution in [0.3, 0.4) is 0 Å². The number of hydrogen-bond donors (Lipinski definition) is 0. The van der Waals surface area contributed by atoms with E-state index in [0.29, 0.717) is 0 Å². The second-order valence-corrected chi connectivity index (χ2v) is 26.3. The van der Waals surface area contributed by atoms with Crippen molar-refractivity contribution in [2.75, 3.05) is 14.7 Å². The van der Waals surface area contributed by atoms with Crippen molar-refractivity contribution < 1.29 is 4.39 Å². The first kappa shape index (κ1) is 49.9. The largest absolute Gasteiger partial charge is 0.334 e. The minimum atomic E-state index is -0.328. The molecule has 0 radical (unpaired) electrons. The molecule has 3 nitrogen and oxygen atoms in total. The van der Waals surface area contributed by atoms with Gasteiger partial charge in [-0.15, -0.1) is 0 Å². The molecule has 0 N–H and O–H groups in total. The minimum Gasteiger partial charge on any atom is -0.334 e. The molecule has 2 unspecified atom stereocenters. The van der Waals surface area contributed by atoms with Crippen LogP contribution in [-0.4, -0.2) is 12.3 Å². The highest BCUT2D eigenvalue weighted by molar-refractivity contribution is 7.00. The van der Waals surface area contributed by atoms with Crippen LogP contribution in [0.1, 0.15) is 118 Å². The highest BCUT2D eigenvalue weighted by Gasteiger charge is 2.60. The molecule has 5 heteroatoms. The van der Waals surface area contributed by atoms with Crippen molar-refractivity contribution in [3.8, 4) is 33.4 Å². The second-order valence-electron chi connectivity index (χ2n) is 26.3. The van der Waals surface area contributed by atoms with Crippen molar-refractivity contribution in [1.82, 2.24) is 0 Å². The van der Waals surface area contributed by atoms with E-state index in [1.807, 2.05) is 6.07 Å². The maximum atomic E-state index is 15.8. The van der Waals surface area contributed by atoms with E-state index in [-0.39, 0.29) is 39.7 Å². The monoisotopic (exact) mass is 1020 g/mol. The first-order chi connectivity index (χ1) is 37.2. The first-order valence-corrected chi connectivity index (χ1v) is 28.4. The molecule has 1 saturated carbocycles. The van der Waals surface area contributed by atoms with Crippen LogP contribution < -0.4 is 31.1 Å². The van der Waals surface area contributed by atoms with E-state index in [0.717, 1.165) is 64.6 Å². The summed E-state index contributed by atoms with van der Waals surface area (Å²) in [5, 5.41) is 0. The summed E-state index contributed by atoms with van der Waals surface area (Å²) in [7, 11) is 0. The lowest BCUT2D eigenvalue weighted by Gasteiger charge is -2.47. The normalized spacial score (nSPS) is 18.4. The Kier molecular flexibility index (Phi) is 11.3. The molecule has 0 saturated heterocycles. The lowest BCUT2D eigenvalue weighted by molar-refractivity contribution is 0.330. The van der Waals surface area contributed by atoms with Gasteiger partial charge >= 0.3 is 0 Å². The lowest BCUT2D eigenvalue weighted by Crippen LogP contribution is -2.61. The minimum absolute atomic E-state index is 0.0841. The maximum absolute atomic E-state index is 15.8. The molecule has 3 aliphatic heterocycles. The molecule has 78 heavy (non-hydrogen) atoms. The maximum Gasteiger partial charge on any atom is 0.252 e. The van der Waals surface area contributed by atoms with Gasteiger partial charge in [0.15, 0.2) is 0 Å². The number of anilines is 8. The highest BCUT2D eigenvalue weighted by atomic mass is 19.1. The van der Waals surface area contributed by atoms with E-state index in [9.17, 15) is 0 Å². The molecule has 13 rings (SSSR count). The number of halogens is 1. The Hall–Kier alpha value is -7.63. The molecule has 0 spiro atoms. The van der Waals surface area contributed by atoms with E-state index < -0.39 is 0 Å². The summed E-state index contributed by atoms with van der Waals surface area (Å²) in [4.78, 5) is 7.90. The van der Waals surface area contributed by atoms with Gasteiger partial charge in [-0.2, -0.15) is 0 Å². The van der Waals surface area contributed by atoms with Crippen molar-refractivity contribution in [2.24, 2.45) is 0 Å². The molecule has 0 amide bonds. The predicted octanol–water partition coefficient (Wildman–Crippen LogP) is 18.2. The van der Waals surface area contributed by atoms with Gasteiger partial charge in [-0.25, -0.2) is 4.39 Å².